The van der Waals surface area contributed by atoms with Gasteiger partial charge in [0.1, 0.15) is 0 Å². The molecule has 0 amide bonds. The average Bonchev–Trinajstić information content (AvgIpc) is 2.37. The SMILES string of the molecule is CCCC(C)CN1CCN(C(CC)CCN)CC1. The highest BCUT2D eigenvalue weighted by Crippen LogP contribution is 2.14. The van der Waals surface area contributed by atoms with Crippen LogP contribution in [-0.4, -0.2) is 55.1 Å². The van der Waals surface area contributed by atoms with E-state index in [0.717, 1.165) is 18.9 Å². The summed E-state index contributed by atoms with van der Waals surface area (Å²) in [5.74, 6) is 0.854. The van der Waals surface area contributed by atoms with Crippen molar-refractivity contribution in [2.45, 2.75) is 52.5 Å². The van der Waals surface area contributed by atoms with Gasteiger partial charge in [-0.1, -0.05) is 27.2 Å². The largest absolute Gasteiger partial charge is 0.330 e. The van der Waals surface area contributed by atoms with Gasteiger partial charge in [-0.3, -0.25) is 4.90 Å². The van der Waals surface area contributed by atoms with Crippen molar-refractivity contribution in [3.8, 4) is 0 Å². The summed E-state index contributed by atoms with van der Waals surface area (Å²) in [6, 6.07) is 0.713. The third-order valence-electron chi connectivity index (χ3n) is 4.25. The lowest BCUT2D eigenvalue weighted by atomic mass is 10.0. The van der Waals surface area contributed by atoms with Crippen LogP contribution in [0.1, 0.15) is 46.5 Å². The van der Waals surface area contributed by atoms with Gasteiger partial charge in [-0.25, -0.2) is 0 Å². The molecule has 1 saturated heterocycles. The van der Waals surface area contributed by atoms with Crippen LogP contribution in [0.5, 0.6) is 0 Å². The number of nitrogens with two attached hydrogens (primary N) is 1. The topological polar surface area (TPSA) is 32.5 Å². The monoisotopic (exact) mass is 255 g/mol. The second-order valence-corrected chi connectivity index (χ2v) is 5.87. The Hall–Kier alpha value is -0.120. The highest BCUT2D eigenvalue weighted by molar-refractivity contribution is 4.78. The van der Waals surface area contributed by atoms with Gasteiger partial charge < -0.3 is 10.6 Å². The third-order valence-corrected chi connectivity index (χ3v) is 4.25. The van der Waals surface area contributed by atoms with E-state index in [1.807, 2.05) is 0 Å². The van der Waals surface area contributed by atoms with E-state index in [1.165, 1.54) is 52.0 Å². The highest BCUT2D eigenvalue weighted by Gasteiger charge is 2.22. The number of hydrogen-bond donors (Lipinski definition) is 1. The van der Waals surface area contributed by atoms with Crippen molar-refractivity contribution in [3.63, 3.8) is 0 Å². The molecule has 0 aromatic heterocycles. The van der Waals surface area contributed by atoms with E-state index < -0.39 is 0 Å². The maximum absolute atomic E-state index is 5.70. The van der Waals surface area contributed by atoms with Crippen LogP contribution in [0, 0.1) is 5.92 Å². The Morgan fingerprint density at radius 2 is 1.72 bits per heavy atom. The van der Waals surface area contributed by atoms with Crippen molar-refractivity contribution < 1.29 is 0 Å². The summed E-state index contributed by atoms with van der Waals surface area (Å²) in [6.45, 7) is 14.0. The molecule has 2 atom stereocenters. The van der Waals surface area contributed by atoms with E-state index in [-0.39, 0.29) is 0 Å². The van der Waals surface area contributed by atoms with E-state index >= 15 is 0 Å². The molecule has 0 radical (unpaired) electrons. The molecular weight excluding hydrogens is 222 g/mol. The Morgan fingerprint density at radius 1 is 1.06 bits per heavy atom. The van der Waals surface area contributed by atoms with E-state index in [9.17, 15) is 0 Å². The molecule has 1 aliphatic rings. The minimum atomic E-state index is 0.713. The van der Waals surface area contributed by atoms with Gasteiger partial charge >= 0.3 is 0 Å². The second-order valence-electron chi connectivity index (χ2n) is 5.87. The fourth-order valence-electron chi connectivity index (χ4n) is 3.17. The number of hydrogen-bond acceptors (Lipinski definition) is 3. The van der Waals surface area contributed by atoms with Gasteiger partial charge in [0, 0.05) is 38.8 Å². The summed E-state index contributed by atoms with van der Waals surface area (Å²) >= 11 is 0. The van der Waals surface area contributed by atoms with Crippen molar-refractivity contribution in [2.75, 3.05) is 39.3 Å². The highest BCUT2D eigenvalue weighted by atomic mass is 15.3. The third kappa shape index (κ3) is 5.25. The molecule has 108 valence electrons. The molecule has 1 rings (SSSR count). The molecule has 2 N–H and O–H groups in total. The predicted molar refractivity (Wildman–Crippen MR) is 79.8 cm³/mol. The first kappa shape index (κ1) is 15.9. The molecule has 3 heteroatoms. The molecule has 0 bridgehead atoms. The van der Waals surface area contributed by atoms with Crippen LogP contribution in [0.25, 0.3) is 0 Å². The van der Waals surface area contributed by atoms with Crippen LogP contribution in [0.15, 0.2) is 0 Å². The van der Waals surface area contributed by atoms with Crippen molar-refractivity contribution in [1.29, 1.82) is 0 Å². The number of piperazine rings is 1. The van der Waals surface area contributed by atoms with Gasteiger partial charge in [0.05, 0.1) is 0 Å². The Bertz CT molecular complexity index is 200. The van der Waals surface area contributed by atoms with Crippen LogP contribution >= 0.6 is 0 Å². The summed E-state index contributed by atoms with van der Waals surface area (Å²) in [5, 5.41) is 0. The van der Waals surface area contributed by atoms with Gasteiger partial charge in [0.15, 0.2) is 0 Å². The Labute approximate surface area is 114 Å². The first-order valence-electron chi connectivity index (χ1n) is 7.87. The molecule has 1 aliphatic heterocycles. The summed E-state index contributed by atoms with van der Waals surface area (Å²) in [4.78, 5) is 5.29. The van der Waals surface area contributed by atoms with Gasteiger partial charge in [-0.15, -0.1) is 0 Å². The fraction of sp³-hybridized carbons (Fsp3) is 1.00. The molecule has 2 unspecified atom stereocenters. The molecule has 18 heavy (non-hydrogen) atoms. The second kappa shape index (κ2) is 8.89. The maximum atomic E-state index is 5.70. The Balaban J connectivity index is 2.27. The molecular formula is C15H33N3. The van der Waals surface area contributed by atoms with Crippen LogP contribution in [-0.2, 0) is 0 Å². The molecule has 0 saturated carbocycles. The van der Waals surface area contributed by atoms with Gasteiger partial charge in [0.2, 0.25) is 0 Å². The number of rotatable bonds is 8. The molecule has 0 aliphatic carbocycles. The van der Waals surface area contributed by atoms with Crippen molar-refractivity contribution >= 4 is 0 Å². The lowest BCUT2D eigenvalue weighted by molar-refractivity contribution is 0.0822. The molecule has 1 fully saturated rings. The fourth-order valence-corrected chi connectivity index (χ4v) is 3.17. The zero-order chi connectivity index (χ0) is 13.4. The van der Waals surface area contributed by atoms with Crippen molar-refractivity contribution in [3.05, 3.63) is 0 Å². The first-order chi connectivity index (χ1) is 8.71. The molecule has 0 spiro atoms. The lowest BCUT2D eigenvalue weighted by Gasteiger charge is -2.39. The summed E-state index contributed by atoms with van der Waals surface area (Å²) in [5.41, 5.74) is 5.70. The van der Waals surface area contributed by atoms with E-state index in [4.69, 9.17) is 5.73 Å². The quantitative estimate of drug-likeness (QED) is 0.721. The Morgan fingerprint density at radius 3 is 2.22 bits per heavy atom. The van der Waals surface area contributed by atoms with E-state index in [2.05, 4.69) is 30.6 Å². The Kier molecular flexibility index (Phi) is 7.87. The average molecular weight is 255 g/mol. The normalized spacial score (nSPS) is 22.0. The summed E-state index contributed by atoms with van der Waals surface area (Å²) < 4.78 is 0. The standard InChI is InChI=1S/C15H33N3/c1-4-6-14(3)13-17-9-11-18(12-10-17)15(5-2)7-8-16/h14-15H,4-13,16H2,1-3H3. The van der Waals surface area contributed by atoms with Gasteiger partial charge in [-0.2, -0.15) is 0 Å². The minimum Gasteiger partial charge on any atom is -0.330 e. The maximum Gasteiger partial charge on any atom is 0.0113 e. The van der Waals surface area contributed by atoms with Crippen LogP contribution in [0.3, 0.4) is 0 Å². The summed E-state index contributed by atoms with van der Waals surface area (Å²) in [7, 11) is 0. The van der Waals surface area contributed by atoms with Gasteiger partial charge in [-0.05, 0) is 31.7 Å². The van der Waals surface area contributed by atoms with Crippen LogP contribution in [0.4, 0.5) is 0 Å². The van der Waals surface area contributed by atoms with Crippen LogP contribution in [0.2, 0.25) is 0 Å². The first-order valence-corrected chi connectivity index (χ1v) is 7.87. The van der Waals surface area contributed by atoms with E-state index in [0.29, 0.717) is 6.04 Å². The van der Waals surface area contributed by atoms with Crippen molar-refractivity contribution in [1.82, 2.24) is 9.80 Å². The van der Waals surface area contributed by atoms with Crippen LogP contribution < -0.4 is 5.73 Å². The zero-order valence-electron chi connectivity index (χ0n) is 12.7. The molecule has 0 aromatic rings. The summed E-state index contributed by atoms with van der Waals surface area (Å²) in [6.07, 6.45) is 5.08. The predicted octanol–water partition coefficient (Wildman–Crippen LogP) is 2.17. The minimum absolute atomic E-state index is 0.713. The molecule has 0 aromatic carbocycles. The van der Waals surface area contributed by atoms with Crippen molar-refractivity contribution in [2.24, 2.45) is 11.7 Å². The lowest BCUT2D eigenvalue weighted by Crippen LogP contribution is -2.51. The molecule has 3 nitrogen and oxygen atoms in total. The zero-order valence-corrected chi connectivity index (χ0v) is 12.7. The molecule has 1 heterocycles. The smallest absolute Gasteiger partial charge is 0.0113 e. The van der Waals surface area contributed by atoms with Gasteiger partial charge in [0.25, 0.3) is 0 Å². The number of nitrogens with zero attached hydrogens (tertiary/aromatic N) is 2. The van der Waals surface area contributed by atoms with E-state index in [1.54, 1.807) is 0 Å².